The van der Waals surface area contributed by atoms with E-state index >= 15 is 0 Å². The fraction of sp³-hybridized carbons (Fsp3) is 0.368. The molecule has 26 heavy (non-hydrogen) atoms. The number of fused-ring (bicyclic) bond motifs is 1. The number of benzene rings is 1. The molecule has 5 nitrogen and oxygen atoms in total. The maximum absolute atomic E-state index is 12.9. The van der Waals surface area contributed by atoms with Crippen molar-refractivity contribution in [3.05, 3.63) is 51.5 Å². The predicted molar refractivity (Wildman–Crippen MR) is 106 cm³/mol. The van der Waals surface area contributed by atoms with Gasteiger partial charge in [0.15, 0.2) is 0 Å². The highest BCUT2D eigenvalue weighted by atomic mass is 35.5. The minimum Gasteiger partial charge on any atom is -0.335 e. The first-order valence-electron chi connectivity index (χ1n) is 8.76. The predicted octanol–water partition coefficient (Wildman–Crippen LogP) is 3.54. The molecule has 0 aliphatic carbocycles. The molecule has 1 amide bonds. The first-order valence-corrected chi connectivity index (χ1v) is 9.95. The van der Waals surface area contributed by atoms with Gasteiger partial charge in [-0.25, -0.2) is 0 Å². The molecule has 0 radical (unpaired) electrons. The van der Waals surface area contributed by atoms with Crippen LogP contribution in [0.25, 0.3) is 10.2 Å². The molecule has 1 saturated heterocycles. The number of hydrogen-bond donors (Lipinski definition) is 1. The average Bonchev–Trinajstić information content (AvgIpc) is 3.18. The molecular formula is C19H21ClN4OS. The Morgan fingerprint density at radius 1 is 1.42 bits per heavy atom. The minimum atomic E-state index is 0.114. The second-order valence-corrected chi connectivity index (χ2v) is 8.21. The molecule has 1 unspecified atom stereocenters. The number of thiophene rings is 1. The van der Waals surface area contributed by atoms with E-state index in [1.165, 1.54) is 11.3 Å². The third-order valence-electron chi connectivity index (χ3n) is 4.75. The topological polar surface area (TPSA) is 50.2 Å². The van der Waals surface area contributed by atoms with Crippen molar-refractivity contribution < 1.29 is 4.79 Å². The Kier molecular flexibility index (Phi) is 4.73. The molecule has 0 bridgehead atoms. The van der Waals surface area contributed by atoms with Crippen molar-refractivity contribution >= 4 is 39.1 Å². The van der Waals surface area contributed by atoms with Gasteiger partial charge < -0.3 is 10.2 Å². The Bertz CT molecular complexity index is 964. The van der Waals surface area contributed by atoms with E-state index in [4.69, 9.17) is 11.6 Å². The molecular weight excluding hydrogens is 368 g/mol. The number of amides is 1. The number of aryl methyl sites for hydroxylation is 1. The highest BCUT2D eigenvalue weighted by molar-refractivity contribution is 7.20. The Morgan fingerprint density at radius 3 is 3.00 bits per heavy atom. The lowest BCUT2D eigenvalue weighted by Crippen LogP contribution is -2.51. The fourth-order valence-electron chi connectivity index (χ4n) is 3.39. The van der Waals surface area contributed by atoms with Crippen molar-refractivity contribution in [3.8, 4) is 0 Å². The summed E-state index contributed by atoms with van der Waals surface area (Å²) < 4.78 is 1.95. The van der Waals surface area contributed by atoms with Crippen LogP contribution in [0.5, 0.6) is 0 Å². The summed E-state index contributed by atoms with van der Waals surface area (Å²) in [7, 11) is 0. The summed E-state index contributed by atoms with van der Waals surface area (Å²) in [5.41, 5.74) is 1.96. The molecule has 3 aromatic rings. The summed E-state index contributed by atoms with van der Waals surface area (Å²) in [6, 6.07) is 10.1. The molecule has 4 rings (SSSR count). The van der Waals surface area contributed by atoms with E-state index in [1.807, 2.05) is 46.8 Å². The van der Waals surface area contributed by atoms with Crippen molar-refractivity contribution in [2.75, 3.05) is 19.6 Å². The molecule has 3 heterocycles. The van der Waals surface area contributed by atoms with Crippen LogP contribution in [0.15, 0.2) is 30.3 Å². The van der Waals surface area contributed by atoms with E-state index in [-0.39, 0.29) is 5.91 Å². The summed E-state index contributed by atoms with van der Waals surface area (Å²) in [6.07, 6.45) is 0. The first-order chi connectivity index (χ1) is 12.5. The number of halogens is 1. The summed E-state index contributed by atoms with van der Waals surface area (Å²) in [6.45, 7) is 7.04. The maximum atomic E-state index is 12.9. The van der Waals surface area contributed by atoms with Crippen molar-refractivity contribution in [3.63, 3.8) is 0 Å². The zero-order valence-corrected chi connectivity index (χ0v) is 16.4. The van der Waals surface area contributed by atoms with Crippen LogP contribution in [-0.4, -0.2) is 46.3 Å². The molecule has 1 aliphatic heterocycles. The van der Waals surface area contributed by atoms with Crippen LogP contribution in [0.3, 0.4) is 0 Å². The number of hydrogen-bond acceptors (Lipinski definition) is 4. The Labute approximate surface area is 161 Å². The van der Waals surface area contributed by atoms with E-state index in [1.54, 1.807) is 0 Å². The normalized spacial score (nSPS) is 17.8. The number of carbonyl (C=O) groups excluding carboxylic acids is 1. The van der Waals surface area contributed by atoms with Crippen LogP contribution in [-0.2, 0) is 6.54 Å². The quantitative estimate of drug-likeness (QED) is 0.746. The number of nitrogens with one attached hydrogen (secondary N) is 1. The van der Waals surface area contributed by atoms with Crippen LogP contribution in [0.1, 0.15) is 27.9 Å². The molecule has 1 fully saturated rings. The van der Waals surface area contributed by atoms with E-state index < -0.39 is 0 Å². The van der Waals surface area contributed by atoms with Crippen molar-refractivity contribution in [2.45, 2.75) is 26.4 Å². The van der Waals surface area contributed by atoms with E-state index in [2.05, 4.69) is 17.3 Å². The molecule has 1 atom stereocenters. The van der Waals surface area contributed by atoms with Crippen molar-refractivity contribution in [1.82, 2.24) is 20.0 Å². The maximum Gasteiger partial charge on any atom is 0.264 e. The van der Waals surface area contributed by atoms with Crippen molar-refractivity contribution in [2.24, 2.45) is 0 Å². The number of piperazine rings is 1. The lowest BCUT2D eigenvalue weighted by Gasteiger charge is -2.31. The summed E-state index contributed by atoms with van der Waals surface area (Å²) >= 11 is 7.82. The van der Waals surface area contributed by atoms with Gasteiger partial charge in [0.25, 0.3) is 5.91 Å². The minimum absolute atomic E-state index is 0.114. The molecule has 1 N–H and O–H groups in total. The summed E-state index contributed by atoms with van der Waals surface area (Å²) in [5.74, 6) is 0.114. The fourth-order valence-corrected chi connectivity index (χ4v) is 4.71. The largest absolute Gasteiger partial charge is 0.335 e. The zero-order valence-electron chi connectivity index (χ0n) is 14.8. The third kappa shape index (κ3) is 3.24. The van der Waals surface area contributed by atoms with Gasteiger partial charge in [0.2, 0.25) is 0 Å². The molecule has 2 aromatic heterocycles. The van der Waals surface area contributed by atoms with Crippen molar-refractivity contribution in [1.29, 1.82) is 0 Å². The first kappa shape index (κ1) is 17.5. The molecule has 1 aliphatic rings. The SMILES string of the molecule is Cc1nn(Cc2ccccc2Cl)c2sc(C(=O)N3CCNC(C)C3)cc12. The monoisotopic (exact) mass is 388 g/mol. The van der Waals surface area contributed by atoms with Gasteiger partial charge in [-0.2, -0.15) is 5.10 Å². The van der Waals surface area contributed by atoms with Crippen LogP contribution in [0.4, 0.5) is 0 Å². The van der Waals surface area contributed by atoms with Crippen LogP contribution in [0.2, 0.25) is 5.02 Å². The van der Waals surface area contributed by atoms with Gasteiger partial charge in [-0.3, -0.25) is 9.48 Å². The third-order valence-corrected chi connectivity index (χ3v) is 6.26. The molecule has 136 valence electrons. The molecule has 0 saturated carbocycles. The van der Waals surface area contributed by atoms with Gasteiger partial charge in [0.05, 0.1) is 17.1 Å². The standard InChI is InChI=1S/C19H21ClN4OS/c1-12-10-23(8-7-21-12)18(25)17-9-15-13(2)22-24(19(15)26-17)11-14-5-3-4-6-16(14)20/h3-6,9,12,21H,7-8,10-11H2,1-2H3. The highest BCUT2D eigenvalue weighted by Gasteiger charge is 2.24. The Balaban J connectivity index is 1.65. The van der Waals surface area contributed by atoms with Gasteiger partial charge >= 0.3 is 0 Å². The second-order valence-electron chi connectivity index (χ2n) is 6.77. The van der Waals surface area contributed by atoms with E-state index in [0.29, 0.717) is 12.6 Å². The Hall–Kier alpha value is -1.89. The van der Waals surface area contributed by atoms with Gasteiger partial charge in [-0.15, -0.1) is 11.3 Å². The van der Waals surface area contributed by atoms with Crippen LogP contribution < -0.4 is 5.32 Å². The lowest BCUT2D eigenvalue weighted by atomic mass is 10.2. The number of nitrogens with zero attached hydrogens (tertiary/aromatic N) is 3. The zero-order chi connectivity index (χ0) is 18.3. The molecule has 7 heteroatoms. The lowest BCUT2D eigenvalue weighted by molar-refractivity contribution is 0.0714. The van der Waals surface area contributed by atoms with Gasteiger partial charge in [0, 0.05) is 36.1 Å². The molecule has 0 spiro atoms. The van der Waals surface area contributed by atoms with Crippen LogP contribution in [0, 0.1) is 6.92 Å². The summed E-state index contributed by atoms with van der Waals surface area (Å²) in [4.78, 5) is 16.6. The number of aromatic nitrogens is 2. The van der Waals surface area contributed by atoms with Gasteiger partial charge in [-0.05, 0) is 31.5 Å². The number of rotatable bonds is 3. The van der Waals surface area contributed by atoms with Crippen LogP contribution >= 0.6 is 22.9 Å². The smallest absolute Gasteiger partial charge is 0.264 e. The second kappa shape index (κ2) is 7.02. The summed E-state index contributed by atoms with van der Waals surface area (Å²) in [5, 5.41) is 9.80. The van der Waals surface area contributed by atoms with Gasteiger partial charge in [-0.1, -0.05) is 29.8 Å². The molecule has 1 aromatic carbocycles. The van der Waals surface area contributed by atoms with Gasteiger partial charge in [0.1, 0.15) is 4.83 Å². The average molecular weight is 389 g/mol. The Morgan fingerprint density at radius 2 is 2.23 bits per heavy atom. The highest BCUT2D eigenvalue weighted by Crippen LogP contribution is 2.30. The number of carbonyl (C=O) groups is 1. The van der Waals surface area contributed by atoms with E-state index in [0.717, 1.165) is 51.0 Å². The van der Waals surface area contributed by atoms with E-state index in [9.17, 15) is 4.79 Å².